The molecule has 0 spiro atoms. The summed E-state index contributed by atoms with van der Waals surface area (Å²) in [4.78, 5) is 0. The summed E-state index contributed by atoms with van der Waals surface area (Å²) in [5.41, 5.74) is 6.83. The number of nitrogens with zero attached hydrogens (tertiary/aromatic N) is 2. The molecule has 0 bridgehead atoms. The molecule has 10 rings (SSSR count). The lowest BCUT2D eigenvalue weighted by atomic mass is 9.99. The van der Waals surface area contributed by atoms with Crippen LogP contribution in [-0.4, -0.2) is 9.13 Å². The fourth-order valence-electron chi connectivity index (χ4n) is 7.16. The van der Waals surface area contributed by atoms with Gasteiger partial charge in [-0.15, -0.1) is 11.3 Å². The molecule has 3 aromatic heterocycles. The Morgan fingerprint density at radius 2 is 1.04 bits per heavy atom. The zero-order valence-electron chi connectivity index (χ0n) is 28.9. The monoisotopic (exact) mass is 595 g/mol. The molecule has 0 aliphatic rings. The van der Waals surface area contributed by atoms with E-state index in [2.05, 4.69) is 106 Å². The van der Waals surface area contributed by atoms with Gasteiger partial charge < -0.3 is 9.13 Å². The highest BCUT2D eigenvalue weighted by molar-refractivity contribution is 7.25. The van der Waals surface area contributed by atoms with E-state index in [9.17, 15) is 0 Å². The summed E-state index contributed by atoms with van der Waals surface area (Å²) in [7, 11) is 0. The van der Waals surface area contributed by atoms with Crippen LogP contribution in [0.2, 0.25) is 0 Å². The Hall–Kier alpha value is -5.64. The van der Waals surface area contributed by atoms with E-state index in [1.807, 2.05) is 30.3 Å². The van der Waals surface area contributed by atoms with Gasteiger partial charge in [0.2, 0.25) is 0 Å². The number of aromatic nitrogens is 2. The second kappa shape index (κ2) is 9.43. The fourth-order valence-corrected chi connectivity index (χ4v) is 8.27. The third-order valence-electron chi connectivity index (χ3n) is 9.00. The van der Waals surface area contributed by atoms with E-state index in [-0.39, 0.29) is 29.7 Å². The van der Waals surface area contributed by atoms with Gasteiger partial charge in [-0.1, -0.05) is 109 Å². The number of para-hydroxylation sites is 3. The van der Waals surface area contributed by atoms with E-state index >= 15 is 0 Å². The predicted molar refractivity (Wildman–Crippen MR) is 193 cm³/mol. The highest BCUT2D eigenvalue weighted by Crippen LogP contribution is 2.45. The van der Waals surface area contributed by atoms with E-state index < -0.39 is 6.04 Å². The van der Waals surface area contributed by atoms with Gasteiger partial charge in [-0.05, 0) is 54.1 Å². The van der Waals surface area contributed by atoms with Crippen LogP contribution in [0, 0.1) is 0 Å². The molecular formula is C42H26N2S. The van der Waals surface area contributed by atoms with Gasteiger partial charge in [0.1, 0.15) is 0 Å². The number of benzene rings is 7. The Morgan fingerprint density at radius 3 is 1.76 bits per heavy atom. The van der Waals surface area contributed by atoms with Crippen LogP contribution in [0.5, 0.6) is 0 Å². The maximum atomic E-state index is 9.01. The van der Waals surface area contributed by atoms with Gasteiger partial charge >= 0.3 is 0 Å². The molecule has 0 aliphatic carbocycles. The van der Waals surface area contributed by atoms with Crippen molar-refractivity contribution in [3.63, 3.8) is 0 Å². The highest BCUT2D eigenvalue weighted by atomic mass is 32.1. The topological polar surface area (TPSA) is 9.86 Å². The zero-order valence-corrected chi connectivity index (χ0v) is 24.7. The third kappa shape index (κ3) is 3.50. The van der Waals surface area contributed by atoms with Crippen molar-refractivity contribution in [2.24, 2.45) is 0 Å². The van der Waals surface area contributed by atoms with Gasteiger partial charge in [0.05, 0.1) is 34.6 Å². The van der Waals surface area contributed by atoms with Crippen molar-refractivity contribution < 1.29 is 6.85 Å². The minimum absolute atomic E-state index is 0.191. The van der Waals surface area contributed by atoms with Crippen LogP contribution in [0.15, 0.2) is 158 Å². The van der Waals surface area contributed by atoms with Gasteiger partial charge in [0.15, 0.2) is 0 Å². The first kappa shape index (κ1) is 20.3. The Bertz CT molecular complexity index is 2980. The van der Waals surface area contributed by atoms with Crippen LogP contribution in [0.1, 0.15) is 6.85 Å². The molecular weight excluding hydrogens is 565 g/mol. The summed E-state index contributed by atoms with van der Waals surface area (Å²) in [6.07, 6.45) is 0. The van der Waals surface area contributed by atoms with E-state index in [0.29, 0.717) is 5.56 Å². The van der Waals surface area contributed by atoms with Gasteiger partial charge in [-0.2, -0.15) is 0 Å². The SMILES string of the molecule is [2H]c1c([2H])c([2H])c(-c2ccc3sc4ccccc4c3c2-n2c3ccccc3c3cc(-n4c5ccccc5c5ccccc54)ccc32)c([2H])c1[2H]. The molecule has 0 fully saturated rings. The number of rotatable bonds is 3. The van der Waals surface area contributed by atoms with Crippen molar-refractivity contribution in [3.05, 3.63) is 158 Å². The van der Waals surface area contributed by atoms with Gasteiger partial charge in [0.25, 0.3) is 0 Å². The largest absolute Gasteiger partial charge is 0.309 e. The lowest BCUT2D eigenvalue weighted by Gasteiger charge is -2.16. The fraction of sp³-hybridized carbons (Fsp3) is 0. The summed E-state index contributed by atoms with van der Waals surface area (Å²) in [5, 5.41) is 6.57. The van der Waals surface area contributed by atoms with Gasteiger partial charge in [-0.25, -0.2) is 0 Å². The number of thiophene rings is 1. The molecule has 0 radical (unpaired) electrons. The number of hydrogen-bond donors (Lipinski definition) is 0. The smallest absolute Gasteiger partial charge is 0.0633 e. The quantitative estimate of drug-likeness (QED) is 0.192. The highest BCUT2D eigenvalue weighted by Gasteiger charge is 2.21. The maximum absolute atomic E-state index is 9.01. The standard InChI is InChI=1S/C42H26N2S/c1-2-12-27(13-3-1)29-23-25-40-41(33-17-7-11-21-39(33)45-40)42(29)44-37-20-10-6-16-32(37)34-26-28(22-24-38(34)44)43-35-18-8-4-14-30(35)31-15-5-9-19-36(31)43/h1-26H/i1D,2D,3D,12D,13D. The summed E-state index contributed by atoms with van der Waals surface area (Å²) in [5.74, 6) is 0. The molecule has 0 aliphatic heterocycles. The summed E-state index contributed by atoms with van der Waals surface area (Å²) >= 11 is 1.69. The Labute approximate surface area is 270 Å². The molecule has 45 heavy (non-hydrogen) atoms. The van der Waals surface area contributed by atoms with Crippen LogP contribution >= 0.6 is 11.3 Å². The molecule has 7 aromatic carbocycles. The molecule has 0 N–H and O–H groups in total. The molecule has 2 nitrogen and oxygen atoms in total. The summed E-state index contributed by atoms with van der Waals surface area (Å²) in [6, 6.07) is 42.6. The predicted octanol–water partition coefficient (Wildman–Crippen LogP) is 11.9. The first-order chi connectivity index (χ1) is 24.4. The van der Waals surface area contributed by atoms with Crippen molar-refractivity contribution in [3.8, 4) is 22.5 Å². The molecule has 0 saturated carbocycles. The van der Waals surface area contributed by atoms with Gasteiger partial charge in [0, 0.05) is 53.0 Å². The molecule has 0 atom stereocenters. The Morgan fingerprint density at radius 1 is 0.467 bits per heavy atom. The minimum Gasteiger partial charge on any atom is -0.309 e. The molecule has 3 heteroatoms. The van der Waals surface area contributed by atoms with E-state index in [0.717, 1.165) is 64.4 Å². The number of fused-ring (bicyclic) bond motifs is 9. The molecule has 3 heterocycles. The summed E-state index contributed by atoms with van der Waals surface area (Å²) < 4.78 is 50.2. The lowest BCUT2D eigenvalue weighted by Crippen LogP contribution is -1.99. The van der Waals surface area contributed by atoms with Crippen LogP contribution in [0.4, 0.5) is 0 Å². The van der Waals surface area contributed by atoms with Crippen LogP contribution in [-0.2, 0) is 0 Å². The zero-order chi connectivity index (χ0) is 33.8. The second-order valence-corrected chi connectivity index (χ2v) is 12.4. The van der Waals surface area contributed by atoms with E-state index in [1.54, 1.807) is 11.3 Å². The molecule has 10 aromatic rings. The van der Waals surface area contributed by atoms with Crippen molar-refractivity contribution in [1.82, 2.24) is 9.13 Å². The van der Waals surface area contributed by atoms with Crippen molar-refractivity contribution in [1.29, 1.82) is 0 Å². The van der Waals surface area contributed by atoms with E-state index in [4.69, 9.17) is 6.85 Å². The van der Waals surface area contributed by atoms with E-state index in [1.165, 1.54) is 10.8 Å². The molecule has 0 saturated heterocycles. The van der Waals surface area contributed by atoms with Crippen molar-refractivity contribution in [2.75, 3.05) is 0 Å². The van der Waals surface area contributed by atoms with Crippen LogP contribution in [0.3, 0.4) is 0 Å². The number of hydrogen-bond acceptors (Lipinski definition) is 1. The average molecular weight is 596 g/mol. The van der Waals surface area contributed by atoms with Crippen molar-refractivity contribution in [2.45, 2.75) is 0 Å². The normalized spacial score (nSPS) is 13.6. The average Bonchev–Trinajstić information content (AvgIpc) is 3.81. The molecule has 210 valence electrons. The summed E-state index contributed by atoms with van der Waals surface area (Å²) in [6.45, 7) is 0. The van der Waals surface area contributed by atoms with Gasteiger partial charge in [-0.3, -0.25) is 0 Å². The maximum Gasteiger partial charge on any atom is 0.0633 e. The Kier molecular flexibility index (Phi) is 4.26. The third-order valence-corrected chi connectivity index (χ3v) is 10.1. The minimum atomic E-state index is -0.401. The molecule has 0 unspecified atom stereocenters. The van der Waals surface area contributed by atoms with Crippen LogP contribution in [0.25, 0.3) is 86.3 Å². The second-order valence-electron chi connectivity index (χ2n) is 11.4. The first-order valence-electron chi connectivity index (χ1n) is 17.5. The lowest BCUT2D eigenvalue weighted by molar-refractivity contribution is 1.17. The van der Waals surface area contributed by atoms with Crippen LogP contribution < -0.4 is 0 Å². The first-order valence-corrected chi connectivity index (χ1v) is 15.8. The molecule has 0 amide bonds. The van der Waals surface area contributed by atoms with Crippen molar-refractivity contribution >= 4 is 75.1 Å². The Balaban J connectivity index is 1.36.